The molecule has 4 nitrogen and oxygen atoms in total. The van der Waals surface area contributed by atoms with E-state index in [4.69, 9.17) is 11.6 Å². The highest BCUT2D eigenvalue weighted by Gasteiger charge is 2.39. The molecule has 0 bridgehead atoms. The van der Waals surface area contributed by atoms with Crippen LogP contribution in [0.4, 0.5) is 0 Å². The average Bonchev–Trinajstić information content (AvgIpc) is 2.75. The van der Waals surface area contributed by atoms with Gasteiger partial charge in [0.05, 0.1) is 11.2 Å². The lowest BCUT2D eigenvalue weighted by Gasteiger charge is -2.44. The van der Waals surface area contributed by atoms with Crippen molar-refractivity contribution in [3.63, 3.8) is 0 Å². The van der Waals surface area contributed by atoms with Crippen molar-refractivity contribution < 1.29 is 4.79 Å². The first-order valence-electron chi connectivity index (χ1n) is 10.0. The maximum Gasteiger partial charge on any atom is 0.265 e. The molecule has 3 rings (SSSR count). The number of amides is 1. The standard InChI is InChI=1S/C24H27BrClN3O/c1-3-21(27-2)22(26)23(30)28-24(19-11-7-12-20(25)15-19)13-8-14-29(17-24)16-18-9-5-4-6-10-18/h3-7,9-12,15,27H,1,8,13-14,16-17H2,2H3,(H,28,30)/b22-21+. The summed E-state index contributed by atoms with van der Waals surface area (Å²) in [5, 5.41) is 6.30. The summed E-state index contributed by atoms with van der Waals surface area (Å²) in [5.74, 6) is -0.303. The van der Waals surface area contributed by atoms with E-state index in [1.165, 1.54) is 5.56 Å². The van der Waals surface area contributed by atoms with E-state index in [1.807, 2.05) is 18.2 Å². The Morgan fingerprint density at radius 3 is 2.70 bits per heavy atom. The van der Waals surface area contributed by atoms with Crippen molar-refractivity contribution in [1.29, 1.82) is 0 Å². The minimum absolute atomic E-state index is 0.113. The van der Waals surface area contributed by atoms with Gasteiger partial charge in [0.15, 0.2) is 0 Å². The van der Waals surface area contributed by atoms with E-state index >= 15 is 0 Å². The van der Waals surface area contributed by atoms with Crippen molar-refractivity contribution >= 4 is 33.4 Å². The highest BCUT2D eigenvalue weighted by atomic mass is 79.9. The summed E-state index contributed by atoms with van der Waals surface area (Å²) in [4.78, 5) is 15.5. The van der Waals surface area contributed by atoms with Gasteiger partial charge in [-0.3, -0.25) is 9.69 Å². The molecule has 1 atom stereocenters. The molecule has 1 fully saturated rings. The van der Waals surface area contributed by atoms with Crippen LogP contribution in [0.2, 0.25) is 0 Å². The zero-order chi connectivity index (χ0) is 21.6. The number of hydrogen-bond acceptors (Lipinski definition) is 3. The van der Waals surface area contributed by atoms with Gasteiger partial charge in [0.2, 0.25) is 0 Å². The highest BCUT2D eigenvalue weighted by Crippen LogP contribution is 2.34. The molecule has 30 heavy (non-hydrogen) atoms. The SMILES string of the molecule is C=C/C(NC)=C(\Cl)C(=O)NC1(c2cccc(Br)c2)CCCN(Cc2ccccc2)C1. The zero-order valence-electron chi connectivity index (χ0n) is 17.1. The summed E-state index contributed by atoms with van der Waals surface area (Å²) < 4.78 is 0.984. The monoisotopic (exact) mass is 487 g/mol. The topological polar surface area (TPSA) is 44.4 Å². The van der Waals surface area contributed by atoms with Gasteiger partial charge in [0.25, 0.3) is 5.91 Å². The summed E-state index contributed by atoms with van der Waals surface area (Å²) >= 11 is 9.95. The molecule has 2 aromatic rings. The number of likely N-dealkylation sites (tertiary alicyclic amines) is 1. The number of likely N-dealkylation sites (N-methyl/N-ethyl adjacent to an activating group) is 1. The molecule has 0 radical (unpaired) electrons. The lowest BCUT2D eigenvalue weighted by Crippen LogP contribution is -2.56. The third-order valence-corrected chi connectivity index (χ3v) is 6.33. The maximum absolute atomic E-state index is 13.1. The fraction of sp³-hybridized carbons (Fsp3) is 0.292. The van der Waals surface area contributed by atoms with Crippen LogP contribution in [0.1, 0.15) is 24.0 Å². The molecule has 0 aromatic heterocycles. The number of carbonyl (C=O) groups excluding carboxylic acids is 1. The summed E-state index contributed by atoms with van der Waals surface area (Å²) in [5.41, 5.74) is 2.30. The molecule has 0 spiro atoms. The molecule has 1 unspecified atom stereocenters. The number of halogens is 2. The van der Waals surface area contributed by atoms with Crippen molar-refractivity contribution in [2.75, 3.05) is 20.1 Å². The summed E-state index contributed by atoms with van der Waals surface area (Å²) in [6.07, 6.45) is 3.37. The van der Waals surface area contributed by atoms with Crippen molar-refractivity contribution in [2.24, 2.45) is 0 Å². The quantitative estimate of drug-likeness (QED) is 0.430. The third-order valence-electron chi connectivity index (χ3n) is 5.46. The minimum atomic E-state index is -0.534. The van der Waals surface area contributed by atoms with Crippen molar-refractivity contribution in [3.05, 3.63) is 93.6 Å². The molecule has 6 heteroatoms. The van der Waals surface area contributed by atoms with Crippen molar-refractivity contribution in [1.82, 2.24) is 15.5 Å². The molecule has 158 valence electrons. The van der Waals surface area contributed by atoms with Gasteiger partial charge < -0.3 is 10.6 Å². The van der Waals surface area contributed by atoms with Gasteiger partial charge in [-0.15, -0.1) is 0 Å². The number of carbonyl (C=O) groups is 1. The van der Waals surface area contributed by atoms with E-state index < -0.39 is 5.54 Å². The predicted octanol–water partition coefficient (Wildman–Crippen LogP) is 4.91. The Morgan fingerprint density at radius 2 is 2.03 bits per heavy atom. The smallest absolute Gasteiger partial charge is 0.265 e. The molecule has 1 heterocycles. The Bertz CT molecular complexity index is 931. The van der Waals surface area contributed by atoms with Gasteiger partial charge in [-0.25, -0.2) is 0 Å². The third kappa shape index (κ3) is 5.34. The van der Waals surface area contributed by atoms with Crippen molar-refractivity contribution in [3.8, 4) is 0 Å². The Hall–Kier alpha value is -2.08. The van der Waals surface area contributed by atoms with E-state index in [9.17, 15) is 4.79 Å². The number of nitrogens with one attached hydrogen (secondary N) is 2. The fourth-order valence-corrected chi connectivity index (χ4v) is 4.63. The van der Waals surface area contributed by atoms with E-state index in [0.29, 0.717) is 12.2 Å². The van der Waals surface area contributed by atoms with Crippen LogP contribution in [0, 0.1) is 0 Å². The molecule has 2 aromatic carbocycles. The highest BCUT2D eigenvalue weighted by molar-refractivity contribution is 9.10. The van der Waals surface area contributed by atoms with E-state index in [1.54, 1.807) is 13.1 Å². The van der Waals surface area contributed by atoms with Crippen LogP contribution in [-0.4, -0.2) is 30.9 Å². The first kappa shape index (κ1) is 22.6. The summed E-state index contributed by atoms with van der Waals surface area (Å²) in [7, 11) is 1.72. The number of hydrogen-bond donors (Lipinski definition) is 2. The number of rotatable bonds is 7. The molecule has 0 saturated carbocycles. The Balaban J connectivity index is 1.93. The van der Waals surface area contributed by atoms with E-state index in [0.717, 1.165) is 36.0 Å². The van der Waals surface area contributed by atoms with Gasteiger partial charge in [0, 0.05) is 24.6 Å². The first-order chi connectivity index (χ1) is 14.5. The molecule has 2 N–H and O–H groups in total. The number of benzene rings is 2. The maximum atomic E-state index is 13.1. The molecule has 1 amide bonds. The lowest BCUT2D eigenvalue weighted by atomic mass is 9.81. The Labute approximate surface area is 192 Å². The Morgan fingerprint density at radius 1 is 1.27 bits per heavy atom. The van der Waals surface area contributed by atoms with Crippen LogP contribution in [0.25, 0.3) is 0 Å². The van der Waals surface area contributed by atoms with Gasteiger partial charge in [-0.05, 0) is 48.7 Å². The second kappa shape index (κ2) is 10.3. The van der Waals surface area contributed by atoms with E-state index in [2.05, 4.69) is 74.4 Å². The van der Waals surface area contributed by atoms with Gasteiger partial charge in [-0.2, -0.15) is 0 Å². The molecule has 1 aliphatic heterocycles. The normalized spacial score (nSPS) is 20.2. The molecule has 1 saturated heterocycles. The molecule has 1 aliphatic rings. The molecular formula is C24H27BrClN3O. The largest absolute Gasteiger partial charge is 0.387 e. The zero-order valence-corrected chi connectivity index (χ0v) is 19.5. The first-order valence-corrected chi connectivity index (χ1v) is 11.2. The molecule has 0 aliphatic carbocycles. The lowest BCUT2D eigenvalue weighted by molar-refractivity contribution is -0.119. The van der Waals surface area contributed by atoms with Crippen LogP contribution in [0.15, 0.2) is 82.5 Å². The van der Waals surface area contributed by atoms with Gasteiger partial charge >= 0.3 is 0 Å². The van der Waals surface area contributed by atoms with Crippen LogP contribution < -0.4 is 10.6 Å². The van der Waals surface area contributed by atoms with Gasteiger partial charge in [-0.1, -0.05) is 76.6 Å². The second-order valence-corrected chi connectivity index (χ2v) is 8.82. The van der Waals surface area contributed by atoms with Crippen LogP contribution in [0.3, 0.4) is 0 Å². The van der Waals surface area contributed by atoms with Gasteiger partial charge in [0.1, 0.15) is 5.03 Å². The van der Waals surface area contributed by atoms with E-state index in [-0.39, 0.29) is 10.9 Å². The van der Waals surface area contributed by atoms with Crippen LogP contribution in [0.5, 0.6) is 0 Å². The molecular weight excluding hydrogens is 462 g/mol. The minimum Gasteiger partial charge on any atom is -0.387 e. The van der Waals surface area contributed by atoms with Crippen LogP contribution in [-0.2, 0) is 16.9 Å². The van der Waals surface area contributed by atoms with Crippen molar-refractivity contribution in [2.45, 2.75) is 24.9 Å². The summed E-state index contributed by atoms with van der Waals surface area (Å²) in [6.45, 7) is 6.26. The fourth-order valence-electron chi connectivity index (χ4n) is 4.01. The number of allylic oxidation sites excluding steroid dienone is 1. The summed E-state index contributed by atoms with van der Waals surface area (Å²) in [6, 6.07) is 18.6. The van der Waals surface area contributed by atoms with Crippen LogP contribution >= 0.6 is 27.5 Å². The predicted molar refractivity (Wildman–Crippen MR) is 127 cm³/mol. The second-order valence-electron chi connectivity index (χ2n) is 7.53. The average molecular weight is 489 g/mol. The Kier molecular flexibility index (Phi) is 7.75. The number of piperidine rings is 1. The number of nitrogens with zero attached hydrogens (tertiary/aromatic N) is 1.